The molecule has 0 spiro atoms. The molecule has 0 radical (unpaired) electrons. The molecule has 258 valence electrons. The van der Waals surface area contributed by atoms with Gasteiger partial charge in [0.25, 0.3) is 0 Å². The first-order valence-corrected chi connectivity index (χ1v) is 19.5. The molecule has 0 saturated carbocycles. The highest BCUT2D eigenvalue weighted by molar-refractivity contribution is 7.25. The number of fused-ring (bicyclic) bond motifs is 7. The zero-order valence-corrected chi connectivity index (χ0v) is 30.6. The summed E-state index contributed by atoms with van der Waals surface area (Å²) in [5.41, 5.74) is 12.3. The van der Waals surface area contributed by atoms with Gasteiger partial charge in [-0.3, -0.25) is 0 Å². The molecule has 11 rings (SSSR count). The normalized spacial score (nSPS) is 11.6. The van der Waals surface area contributed by atoms with Crippen molar-refractivity contribution in [2.75, 3.05) is 4.90 Å². The van der Waals surface area contributed by atoms with Gasteiger partial charge >= 0.3 is 0 Å². The molecular formula is C52H33NOS. The van der Waals surface area contributed by atoms with Gasteiger partial charge in [0.2, 0.25) is 0 Å². The summed E-state index contributed by atoms with van der Waals surface area (Å²) >= 11 is 1.86. The fourth-order valence-corrected chi connectivity index (χ4v) is 9.45. The Morgan fingerprint density at radius 1 is 0.364 bits per heavy atom. The highest BCUT2D eigenvalue weighted by Gasteiger charge is 2.19. The van der Waals surface area contributed by atoms with Gasteiger partial charge in [0.15, 0.2) is 0 Å². The molecule has 0 fully saturated rings. The van der Waals surface area contributed by atoms with Crippen LogP contribution in [-0.2, 0) is 0 Å². The standard InChI is InChI=1S/C52H33NOS/c1-2-11-34(12-3-1)35-21-27-39(28-22-35)53(40-29-23-36(24-30-40)42-17-10-20-49-51(42)45-16-7-9-19-48(45)55-49)41-31-25-37(26-32-41)50-43-14-5-4-13-38(43)33-47-52(50)44-15-6-8-18-46(44)54-47/h1-33H. The molecule has 0 bridgehead atoms. The number of hydrogen-bond acceptors (Lipinski definition) is 3. The minimum atomic E-state index is 0.905. The van der Waals surface area contributed by atoms with Crippen molar-refractivity contribution in [3.8, 4) is 33.4 Å². The van der Waals surface area contributed by atoms with Gasteiger partial charge in [0, 0.05) is 53.6 Å². The second kappa shape index (κ2) is 12.9. The van der Waals surface area contributed by atoms with E-state index in [-0.39, 0.29) is 0 Å². The summed E-state index contributed by atoms with van der Waals surface area (Å²) < 4.78 is 9.05. The smallest absolute Gasteiger partial charge is 0.136 e. The number of anilines is 3. The van der Waals surface area contributed by atoms with Crippen LogP contribution in [0.4, 0.5) is 17.1 Å². The highest BCUT2D eigenvalue weighted by atomic mass is 32.1. The number of para-hydroxylation sites is 1. The lowest BCUT2D eigenvalue weighted by molar-refractivity contribution is 0.669. The Morgan fingerprint density at radius 2 is 0.927 bits per heavy atom. The predicted molar refractivity (Wildman–Crippen MR) is 235 cm³/mol. The molecule has 0 unspecified atom stereocenters. The highest BCUT2D eigenvalue weighted by Crippen LogP contribution is 2.44. The summed E-state index contributed by atoms with van der Waals surface area (Å²) in [6.07, 6.45) is 0. The van der Waals surface area contributed by atoms with Crippen molar-refractivity contribution < 1.29 is 4.42 Å². The van der Waals surface area contributed by atoms with Crippen LogP contribution in [0.25, 0.3) is 86.3 Å². The number of rotatable bonds is 6. The molecule has 0 amide bonds. The Balaban J connectivity index is 1.04. The summed E-state index contributed by atoms with van der Waals surface area (Å²) in [4.78, 5) is 2.36. The van der Waals surface area contributed by atoms with Crippen LogP contribution in [0.1, 0.15) is 0 Å². The van der Waals surface area contributed by atoms with Crippen LogP contribution in [0.5, 0.6) is 0 Å². The van der Waals surface area contributed by atoms with Gasteiger partial charge in [-0.2, -0.15) is 0 Å². The zero-order valence-electron chi connectivity index (χ0n) is 29.8. The summed E-state index contributed by atoms with van der Waals surface area (Å²) in [6.45, 7) is 0. The Kier molecular flexibility index (Phi) is 7.39. The van der Waals surface area contributed by atoms with Crippen molar-refractivity contribution in [2.24, 2.45) is 0 Å². The third kappa shape index (κ3) is 5.32. The van der Waals surface area contributed by atoms with Crippen LogP contribution in [0.3, 0.4) is 0 Å². The average Bonchev–Trinajstić information content (AvgIpc) is 3.82. The van der Waals surface area contributed by atoms with Crippen LogP contribution in [0, 0.1) is 0 Å². The van der Waals surface area contributed by atoms with E-state index in [2.05, 4.69) is 199 Å². The quantitative estimate of drug-likeness (QED) is 0.170. The van der Waals surface area contributed by atoms with Crippen LogP contribution >= 0.6 is 11.3 Å². The zero-order chi connectivity index (χ0) is 36.3. The number of benzene rings is 9. The largest absolute Gasteiger partial charge is 0.456 e. The molecule has 0 aliphatic heterocycles. The van der Waals surface area contributed by atoms with Gasteiger partial charge in [-0.1, -0.05) is 140 Å². The Labute approximate surface area is 322 Å². The van der Waals surface area contributed by atoms with E-state index in [9.17, 15) is 0 Å². The van der Waals surface area contributed by atoms with Crippen molar-refractivity contribution in [3.63, 3.8) is 0 Å². The number of hydrogen-bond donors (Lipinski definition) is 0. The molecule has 0 aliphatic rings. The summed E-state index contributed by atoms with van der Waals surface area (Å²) in [7, 11) is 0. The summed E-state index contributed by atoms with van der Waals surface area (Å²) in [5, 5.41) is 7.31. The number of furan rings is 1. The number of nitrogens with zero attached hydrogens (tertiary/aromatic N) is 1. The Morgan fingerprint density at radius 3 is 1.67 bits per heavy atom. The molecule has 2 aromatic heterocycles. The topological polar surface area (TPSA) is 16.4 Å². The molecular weight excluding hydrogens is 687 g/mol. The molecule has 3 heteroatoms. The first-order valence-electron chi connectivity index (χ1n) is 18.7. The van der Waals surface area contributed by atoms with E-state index in [0.29, 0.717) is 0 Å². The van der Waals surface area contributed by atoms with Crippen LogP contribution < -0.4 is 4.90 Å². The molecule has 2 nitrogen and oxygen atoms in total. The monoisotopic (exact) mass is 719 g/mol. The van der Waals surface area contributed by atoms with E-state index in [1.165, 1.54) is 58.8 Å². The van der Waals surface area contributed by atoms with Gasteiger partial charge in [0.1, 0.15) is 11.2 Å². The van der Waals surface area contributed by atoms with E-state index >= 15 is 0 Å². The molecule has 0 atom stereocenters. The van der Waals surface area contributed by atoms with Crippen molar-refractivity contribution in [2.45, 2.75) is 0 Å². The minimum Gasteiger partial charge on any atom is -0.456 e. The van der Waals surface area contributed by atoms with Gasteiger partial charge in [-0.05, 0) is 99.3 Å². The molecule has 9 aromatic carbocycles. The van der Waals surface area contributed by atoms with Gasteiger partial charge < -0.3 is 9.32 Å². The van der Waals surface area contributed by atoms with E-state index in [1.807, 2.05) is 17.4 Å². The van der Waals surface area contributed by atoms with E-state index in [0.717, 1.165) is 44.6 Å². The Hall–Kier alpha value is -6.94. The maximum atomic E-state index is 6.42. The van der Waals surface area contributed by atoms with E-state index in [4.69, 9.17) is 4.42 Å². The molecule has 55 heavy (non-hydrogen) atoms. The lowest BCUT2D eigenvalue weighted by Crippen LogP contribution is -2.09. The van der Waals surface area contributed by atoms with Crippen LogP contribution in [-0.4, -0.2) is 0 Å². The van der Waals surface area contributed by atoms with Crippen LogP contribution in [0.2, 0.25) is 0 Å². The second-order valence-corrected chi connectivity index (χ2v) is 15.1. The SMILES string of the molecule is c1ccc(-c2ccc(N(c3ccc(-c4c5ccccc5cc5oc6ccccc6c45)cc3)c3ccc(-c4cccc5sc6ccccc6c45)cc3)cc2)cc1. The predicted octanol–water partition coefficient (Wildman–Crippen LogP) is 15.6. The van der Waals surface area contributed by atoms with Crippen molar-refractivity contribution in [1.29, 1.82) is 0 Å². The van der Waals surface area contributed by atoms with Gasteiger partial charge in [0.05, 0.1) is 0 Å². The second-order valence-electron chi connectivity index (χ2n) is 14.1. The van der Waals surface area contributed by atoms with Crippen molar-refractivity contribution in [1.82, 2.24) is 0 Å². The van der Waals surface area contributed by atoms with Gasteiger partial charge in [-0.25, -0.2) is 0 Å². The molecule has 0 N–H and O–H groups in total. The maximum Gasteiger partial charge on any atom is 0.136 e. The minimum absolute atomic E-state index is 0.905. The van der Waals surface area contributed by atoms with Gasteiger partial charge in [-0.15, -0.1) is 11.3 Å². The average molecular weight is 720 g/mol. The number of thiophene rings is 1. The fraction of sp³-hybridized carbons (Fsp3) is 0. The first kappa shape index (κ1) is 31.6. The lowest BCUT2D eigenvalue weighted by atomic mass is 9.93. The van der Waals surface area contributed by atoms with Crippen LogP contribution in [0.15, 0.2) is 205 Å². The first-order chi connectivity index (χ1) is 27.3. The van der Waals surface area contributed by atoms with Crippen molar-refractivity contribution in [3.05, 3.63) is 200 Å². The Bertz CT molecular complexity index is 3170. The molecule has 0 saturated heterocycles. The molecule has 11 aromatic rings. The summed E-state index contributed by atoms with van der Waals surface area (Å²) in [6, 6.07) is 72.1. The molecule has 0 aliphatic carbocycles. The summed E-state index contributed by atoms with van der Waals surface area (Å²) in [5.74, 6) is 0. The van der Waals surface area contributed by atoms with E-state index in [1.54, 1.807) is 0 Å². The molecule has 2 heterocycles. The lowest BCUT2D eigenvalue weighted by Gasteiger charge is -2.26. The maximum absolute atomic E-state index is 6.42. The van der Waals surface area contributed by atoms with E-state index < -0.39 is 0 Å². The third-order valence-corrected chi connectivity index (χ3v) is 12.0. The fourth-order valence-electron chi connectivity index (χ4n) is 8.31. The third-order valence-electron chi connectivity index (χ3n) is 10.9. The van der Waals surface area contributed by atoms with Crippen molar-refractivity contribution >= 4 is 81.3 Å².